The predicted octanol–water partition coefficient (Wildman–Crippen LogP) is 2.39. The first-order valence-corrected chi connectivity index (χ1v) is 8.46. The third-order valence-electron chi connectivity index (χ3n) is 3.23. The number of sulfonamides is 1. The Labute approximate surface area is 126 Å². The van der Waals surface area contributed by atoms with Gasteiger partial charge < -0.3 is 9.47 Å². The van der Waals surface area contributed by atoms with E-state index in [1.807, 2.05) is 0 Å². The fourth-order valence-corrected chi connectivity index (χ4v) is 3.07. The topological polar surface area (TPSA) is 55.8 Å². The highest BCUT2D eigenvalue weighted by atomic mass is 32.2. The van der Waals surface area contributed by atoms with E-state index in [2.05, 4.69) is 4.74 Å². The summed E-state index contributed by atoms with van der Waals surface area (Å²) in [6, 6.07) is 5.14. The number of hydrogen-bond donors (Lipinski definition) is 0. The quantitative estimate of drug-likeness (QED) is 0.845. The Balaban J connectivity index is 1.87. The van der Waals surface area contributed by atoms with Crippen LogP contribution in [0.15, 0.2) is 24.3 Å². The van der Waals surface area contributed by atoms with Gasteiger partial charge in [-0.1, -0.05) is 0 Å². The van der Waals surface area contributed by atoms with Crippen LogP contribution in [-0.4, -0.2) is 44.5 Å². The highest BCUT2D eigenvalue weighted by Crippen LogP contribution is 2.26. The minimum Gasteiger partial charge on any atom is -0.490 e. The fraction of sp³-hybridized carbons (Fsp3) is 0.538. The summed E-state index contributed by atoms with van der Waals surface area (Å²) in [6.45, 7) is 0.748. The monoisotopic (exact) mass is 339 g/mol. The molecule has 1 aromatic carbocycles. The van der Waals surface area contributed by atoms with Crippen molar-refractivity contribution in [1.82, 2.24) is 4.31 Å². The van der Waals surface area contributed by atoms with Crippen LogP contribution in [0.5, 0.6) is 11.5 Å². The predicted molar refractivity (Wildman–Crippen MR) is 73.2 cm³/mol. The third-order valence-corrected chi connectivity index (χ3v) is 4.53. The molecule has 0 spiro atoms. The Morgan fingerprint density at radius 3 is 2.05 bits per heavy atom. The molecule has 0 amide bonds. The molecule has 5 nitrogen and oxygen atoms in total. The van der Waals surface area contributed by atoms with Crippen LogP contribution in [0.25, 0.3) is 0 Å². The van der Waals surface area contributed by atoms with E-state index in [1.165, 1.54) is 28.6 Å². The molecule has 9 heteroatoms. The lowest BCUT2D eigenvalue weighted by atomic mass is 10.1. The second-order valence-corrected chi connectivity index (χ2v) is 6.98. The fourth-order valence-electron chi connectivity index (χ4n) is 2.19. The molecule has 0 bridgehead atoms. The van der Waals surface area contributed by atoms with Crippen molar-refractivity contribution < 1.29 is 31.1 Å². The van der Waals surface area contributed by atoms with Gasteiger partial charge in [-0.15, -0.1) is 13.2 Å². The molecule has 0 radical (unpaired) electrons. The molecule has 0 aromatic heterocycles. The molecule has 1 aliphatic rings. The van der Waals surface area contributed by atoms with Gasteiger partial charge in [-0.3, -0.25) is 0 Å². The maximum absolute atomic E-state index is 12.0. The third kappa shape index (κ3) is 5.06. The number of benzene rings is 1. The number of alkyl halides is 3. The van der Waals surface area contributed by atoms with Gasteiger partial charge in [0.25, 0.3) is 0 Å². The molecule has 22 heavy (non-hydrogen) atoms. The normalized spacial score (nSPS) is 18.2. The summed E-state index contributed by atoms with van der Waals surface area (Å²) in [4.78, 5) is 0. The summed E-state index contributed by atoms with van der Waals surface area (Å²) in [7, 11) is -3.19. The Bertz CT molecular complexity index is 593. The number of piperidine rings is 1. The number of halogens is 3. The minimum absolute atomic E-state index is 0.160. The van der Waals surface area contributed by atoms with E-state index in [4.69, 9.17) is 4.74 Å². The smallest absolute Gasteiger partial charge is 0.490 e. The SMILES string of the molecule is CS(=O)(=O)N1CCC(Oc2ccc(OC(F)(F)F)cc2)CC1. The molecule has 1 saturated heterocycles. The lowest BCUT2D eigenvalue weighted by molar-refractivity contribution is -0.274. The number of rotatable bonds is 4. The van der Waals surface area contributed by atoms with Gasteiger partial charge in [0.15, 0.2) is 0 Å². The summed E-state index contributed by atoms with van der Waals surface area (Å²) >= 11 is 0. The number of ether oxygens (including phenoxy) is 2. The van der Waals surface area contributed by atoms with Crippen molar-refractivity contribution in [3.05, 3.63) is 24.3 Å². The van der Waals surface area contributed by atoms with Gasteiger partial charge in [-0.25, -0.2) is 12.7 Å². The first kappa shape index (κ1) is 16.9. The van der Waals surface area contributed by atoms with Crippen LogP contribution in [0.1, 0.15) is 12.8 Å². The van der Waals surface area contributed by atoms with Gasteiger partial charge >= 0.3 is 6.36 Å². The second-order valence-electron chi connectivity index (χ2n) is 5.00. The van der Waals surface area contributed by atoms with Gasteiger partial charge in [-0.05, 0) is 37.1 Å². The van der Waals surface area contributed by atoms with Crippen LogP contribution in [0.4, 0.5) is 13.2 Å². The maximum atomic E-state index is 12.0. The molecular weight excluding hydrogens is 323 g/mol. The average Bonchev–Trinajstić information content (AvgIpc) is 2.39. The lowest BCUT2D eigenvalue weighted by Gasteiger charge is -2.30. The lowest BCUT2D eigenvalue weighted by Crippen LogP contribution is -2.41. The molecule has 1 aliphatic heterocycles. The van der Waals surface area contributed by atoms with E-state index in [-0.39, 0.29) is 11.9 Å². The zero-order chi connectivity index (χ0) is 16.4. The van der Waals surface area contributed by atoms with E-state index in [1.54, 1.807) is 0 Å². The van der Waals surface area contributed by atoms with Crippen molar-refractivity contribution in [3.8, 4) is 11.5 Å². The number of nitrogens with zero attached hydrogens (tertiary/aromatic N) is 1. The van der Waals surface area contributed by atoms with Crippen LogP contribution < -0.4 is 9.47 Å². The molecule has 0 unspecified atom stereocenters. The molecule has 0 N–H and O–H groups in total. The van der Waals surface area contributed by atoms with Crippen molar-refractivity contribution in [3.63, 3.8) is 0 Å². The van der Waals surface area contributed by atoms with Crippen molar-refractivity contribution in [1.29, 1.82) is 0 Å². The molecule has 2 rings (SSSR count). The second kappa shape index (κ2) is 6.33. The molecule has 0 atom stereocenters. The average molecular weight is 339 g/mol. The van der Waals surface area contributed by atoms with E-state index < -0.39 is 16.4 Å². The van der Waals surface area contributed by atoms with Gasteiger partial charge in [0.2, 0.25) is 10.0 Å². The van der Waals surface area contributed by atoms with Gasteiger partial charge in [-0.2, -0.15) is 0 Å². The molecular formula is C13H16F3NO4S. The van der Waals surface area contributed by atoms with Gasteiger partial charge in [0.05, 0.1) is 6.26 Å². The van der Waals surface area contributed by atoms with Crippen LogP contribution in [0.3, 0.4) is 0 Å². The Morgan fingerprint density at radius 1 is 1.09 bits per heavy atom. The Kier molecular flexibility index (Phi) is 4.86. The summed E-state index contributed by atoms with van der Waals surface area (Å²) in [5.74, 6) is 0.110. The zero-order valence-corrected chi connectivity index (χ0v) is 12.7. The Hall–Kier alpha value is -1.48. The summed E-state index contributed by atoms with van der Waals surface area (Å²) in [6.07, 6.45) is -2.65. The molecule has 1 fully saturated rings. The van der Waals surface area contributed by atoms with Crippen LogP contribution >= 0.6 is 0 Å². The summed E-state index contributed by atoms with van der Waals surface area (Å²) < 4.78 is 69.7. The molecule has 0 saturated carbocycles. The number of hydrogen-bond acceptors (Lipinski definition) is 4. The Morgan fingerprint density at radius 2 is 1.59 bits per heavy atom. The van der Waals surface area contributed by atoms with Crippen LogP contribution in [-0.2, 0) is 10.0 Å². The first-order valence-electron chi connectivity index (χ1n) is 6.61. The highest BCUT2D eigenvalue weighted by Gasteiger charge is 2.31. The summed E-state index contributed by atoms with van der Waals surface area (Å²) in [5, 5.41) is 0. The largest absolute Gasteiger partial charge is 0.573 e. The maximum Gasteiger partial charge on any atom is 0.573 e. The highest BCUT2D eigenvalue weighted by molar-refractivity contribution is 7.88. The summed E-state index contributed by atoms with van der Waals surface area (Å²) in [5.41, 5.74) is 0. The minimum atomic E-state index is -4.72. The van der Waals surface area contributed by atoms with Crippen molar-refractivity contribution >= 4 is 10.0 Å². The van der Waals surface area contributed by atoms with E-state index in [9.17, 15) is 21.6 Å². The van der Waals surface area contributed by atoms with Crippen molar-refractivity contribution in [2.24, 2.45) is 0 Å². The van der Waals surface area contributed by atoms with Crippen molar-refractivity contribution in [2.45, 2.75) is 25.3 Å². The van der Waals surface area contributed by atoms with E-state index in [0.717, 1.165) is 6.26 Å². The molecule has 124 valence electrons. The van der Waals surface area contributed by atoms with Crippen LogP contribution in [0, 0.1) is 0 Å². The zero-order valence-electron chi connectivity index (χ0n) is 11.8. The first-order chi connectivity index (χ1) is 10.1. The molecule has 0 aliphatic carbocycles. The van der Waals surface area contributed by atoms with Crippen molar-refractivity contribution in [2.75, 3.05) is 19.3 Å². The standard InChI is InChI=1S/C13H16F3NO4S/c1-22(18,19)17-8-6-11(7-9-17)20-10-2-4-12(5-3-10)21-13(14,15)16/h2-5,11H,6-9H2,1H3. The molecule has 1 aromatic rings. The molecule has 1 heterocycles. The van der Waals surface area contributed by atoms with Gasteiger partial charge in [0.1, 0.15) is 17.6 Å². The van der Waals surface area contributed by atoms with E-state index >= 15 is 0 Å². The van der Waals surface area contributed by atoms with Gasteiger partial charge in [0, 0.05) is 13.1 Å². The van der Waals surface area contributed by atoms with E-state index in [0.29, 0.717) is 31.7 Å². The van der Waals surface area contributed by atoms with Crippen LogP contribution in [0.2, 0.25) is 0 Å².